The molecule has 3 rings (SSSR count). The van der Waals surface area contributed by atoms with Gasteiger partial charge in [-0.3, -0.25) is 0 Å². The fraction of sp³-hybridized carbons (Fsp3) is 0.500. The van der Waals surface area contributed by atoms with Crippen LogP contribution in [0.25, 0.3) is 10.6 Å². The van der Waals surface area contributed by atoms with Crippen LogP contribution in [0.4, 0.5) is 0 Å². The monoisotopic (exact) mass is 300 g/mol. The molecule has 3 heteroatoms. The Bertz CT molecular complexity index is 633. The molecule has 1 aliphatic rings. The molecule has 112 valence electrons. The topological polar surface area (TPSA) is 24.9 Å². The lowest BCUT2D eigenvalue weighted by Crippen LogP contribution is -2.35. The number of aromatic nitrogens is 1. The van der Waals surface area contributed by atoms with E-state index in [1.54, 1.807) is 0 Å². The minimum Gasteiger partial charge on any atom is -0.307 e. The molecule has 2 aromatic rings. The second kappa shape index (κ2) is 5.54. The minimum atomic E-state index is 0.147. The molecule has 0 radical (unpaired) electrons. The first kappa shape index (κ1) is 14.7. The molecule has 1 aromatic carbocycles. The molecule has 0 atom stereocenters. The summed E-state index contributed by atoms with van der Waals surface area (Å²) in [7, 11) is 0. The van der Waals surface area contributed by atoms with Gasteiger partial charge in [0.15, 0.2) is 0 Å². The summed E-state index contributed by atoms with van der Waals surface area (Å²) >= 11 is 1.86. The summed E-state index contributed by atoms with van der Waals surface area (Å²) in [5, 5.41) is 4.78. The van der Waals surface area contributed by atoms with Crippen molar-refractivity contribution in [2.45, 2.75) is 58.5 Å². The highest BCUT2D eigenvalue weighted by Gasteiger charge is 2.30. The van der Waals surface area contributed by atoms with Crippen LogP contribution >= 0.6 is 11.3 Å². The van der Waals surface area contributed by atoms with Gasteiger partial charge in [0.1, 0.15) is 5.01 Å². The molecule has 0 saturated heterocycles. The van der Waals surface area contributed by atoms with E-state index < -0.39 is 0 Å². The molecular formula is C18H24N2S. The minimum absolute atomic E-state index is 0.147. The third-order valence-corrected chi connectivity index (χ3v) is 4.86. The zero-order valence-corrected chi connectivity index (χ0v) is 14.2. The molecule has 1 heterocycles. The van der Waals surface area contributed by atoms with Gasteiger partial charge < -0.3 is 5.32 Å². The van der Waals surface area contributed by atoms with Crippen molar-refractivity contribution in [3.8, 4) is 10.6 Å². The van der Waals surface area contributed by atoms with Crippen LogP contribution in [0.5, 0.6) is 0 Å². The Morgan fingerprint density at radius 3 is 2.67 bits per heavy atom. The van der Waals surface area contributed by atoms with Gasteiger partial charge in [0.25, 0.3) is 0 Å². The Morgan fingerprint density at radius 2 is 2.05 bits per heavy atom. The summed E-state index contributed by atoms with van der Waals surface area (Å²) in [6, 6.07) is 8.66. The maximum Gasteiger partial charge on any atom is 0.123 e. The van der Waals surface area contributed by atoms with Gasteiger partial charge in [-0.2, -0.15) is 0 Å². The van der Waals surface area contributed by atoms with Crippen molar-refractivity contribution < 1.29 is 0 Å². The van der Waals surface area contributed by atoms with E-state index in [0.29, 0.717) is 5.92 Å². The summed E-state index contributed by atoms with van der Waals surface area (Å²) in [6.07, 6.45) is 2.61. The van der Waals surface area contributed by atoms with Crippen LogP contribution in [0.15, 0.2) is 24.3 Å². The third-order valence-electron chi connectivity index (χ3n) is 3.74. The van der Waals surface area contributed by atoms with Gasteiger partial charge in [-0.1, -0.05) is 23.8 Å². The first-order chi connectivity index (χ1) is 9.92. The van der Waals surface area contributed by atoms with Gasteiger partial charge in [0.05, 0.1) is 5.69 Å². The Kier molecular flexibility index (Phi) is 3.89. The molecule has 1 saturated carbocycles. The van der Waals surface area contributed by atoms with E-state index in [1.807, 2.05) is 11.3 Å². The van der Waals surface area contributed by atoms with Gasteiger partial charge in [-0.05, 0) is 46.6 Å². The summed E-state index contributed by atoms with van der Waals surface area (Å²) < 4.78 is 0. The second-order valence-electron chi connectivity index (χ2n) is 7.07. The summed E-state index contributed by atoms with van der Waals surface area (Å²) in [4.78, 5) is 6.38. The van der Waals surface area contributed by atoms with Gasteiger partial charge in [-0.25, -0.2) is 4.98 Å². The predicted octanol–water partition coefficient (Wildman–Crippen LogP) is 4.88. The van der Waals surface area contributed by atoms with Gasteiger partial charge in [0.2, 0.25) is 0 Å². The molecule has 0 unspecified atom stereocenters. The van der Waals surface area contributed by atoms with Crippen LogP contribution in [0.1, 0.15) is 55.7 Å². The van der Waals surface area contributed by atoms with E-state index in [0.717, 1.165) is 6.54 Å². The highest BCUT2D eigenvalue weighted by molar-refractivity contribution is 7.15. The van der Waals surface area contributed by atoms with E-state index in [-0.39, 0.29) is 5.54 Å². The van der Waals surface area contributed by atoms with E-state index >= 15 is 0 Å². The van der Waals surface area contributed by atoms with Gasteiger partial charge in [-0.15, -0.1) is 11.3 Å². The van der Waals surface area contributed by atoms with Crippen molar-refractivity contribution in [3.63, 3.8) is 0 Å². The van der Waals surface area contributed by atoms with Crippen LogP contribution in [0, 0.1) is 6.92 Å². The van der Waals surface area contributed by atoms with Crippen LogP contribution in [0.3, 0.4) is 0 Å². The molecule has 0 amide bonds. The van der Waals surface area contributed by atoms with Gasteiger partial charge in [0, 0.05) is 28.4 Å². The number of aryl methyl sites for hydroxylation is 1. The largest absolute Gasteiger partial charge is 0.307 e. The molecular weight excluding hydrogens is 276 g/mol. The standard InChI is InChI=1S/C18H24N2S/c1-12-6-5-7-14(10-12)17-20-16(13-8-9-13)15(21-17)11-19-18(2,3)4/h5-7,10,13,19H,8-9,11H2,1-4H3. The number of benzene rings is 1. The first-order valence-electron chi connectivity index (χ1n) is 7.74. The summed E-state index contributed by atoms with van der Waals surface area (Å²) in [5.41, 5.74) is 4.04. The highest BCUT2D eigenvalue weighted by Crippen LogP contribution is 2.44. The number of hydrogen-bond acceptors (Lipinski definition) is 3. The maximum absolute atomic E-state index is 4.96. The fourth-order valence-corrected chi connectivity index (χ4v) is 3.50. The lowest BCUT2D eigenvalue weighted by Gasteiger charge is -2.20. The molecule has 0 spiro atoms. The van der Waals surface area contributed by atoms with Crippen LogP contribution in [0.2, 0.25) is 0 Å². The molecule has 1 N–H and O–H groups in total. The zero-order chi connectivity index (χ0) is 15.0. The Hall–Kier alpha value is -1.19. The molecule has 0 aliphatic heterocycles. The van der Waals surface area contributed by atoms with Crippen LogP contribution in [-0.2, 0) is 6.54 Å². The van der Waals surface area contributed by atoms with Crippen LogP contribution in [-0.4, -0.2) is 10.5 Å². The zero-order valence-electron chi connectivity index (χ0n) is 13.4. The van der Waals surface area contributed by atoms with Crippen molar-refractivity contribution >= 4 is 11.3 Å². The first-order valence-corrected chi connectivity index (χ1v) is 8.56. The number of nitrogens with zero attached hydrogens (tertiary/aromatic N) is 1. The third kappa shape index (κ3) is 3.72. The highest BCUT2D eigenvalue weighted by atomic mass is 32.1. The lowest BCUT2D eigenvalue weighted by atomic mass is 10.1. The summed E-state index contributed by atoms with van der Waals surface area (Å²) in [5.74, 6) is 0.705. The average molecular weight is 300 g/mol. The number of nitrogens with one attached hydrogen (secondary N) is 1. The van der Waals surface area contributed by atoms with Crippen LogP contribution < -0.4 is 5.32 Å². The van der Waals surface area contributed by atoms with Crippen molar-refractivity contribution in [1.82, 2.24) is 10.3 Å². The summed E-state index contributed by atoms with van der Waals surface area (Å²) in [6.45, 7) is 9.71. The van der Waals surface area contributed by atoms with E-state index in [4.69, 9.17) is 4.98 Å². The van der Waals surface area contributed by atoms with Gasteiger partial charge >= 0.3 is 0 Å². The Labute approximate surface area is 131 Å². The average Bonchev–Trinajstić information content (AvgIpc) is 3.15. The van der Waals surface area contributed by atoms with Crippen molar-refractivity contribution in [3.05, 3.63) is 40.4 Å². The molecule has 2 nitrogen and oxygen atoms in total. The van der Waals surface area contributed by atoms with E-state index in [1.165, 1.54) is 39.5 Å². The Morgan fingerprint density at radius 1 is 1.29 bits per heavy atom. The SMILES string of the molecule is Cc1cccc(-c2nc(C3CC3)c(CNC(C)(C)C)s2)c1. The van der Waals surface area contributed by atoms with Crippen molar-refractivity contribution in [2.24, 2.45) is 0 Å². The number of rotatable bonds is 4. The predicted molar refractivity (Wildman–Crippen MR) is 90.9 cm³/mol. The van der Waals surface area contributed by atoms with E-state index in [2.05, 4.69) is 57.3 Å². The van der Waals surface area contributed by atoms with Crippen molar-refractivity contribution in [2.75, 3.05) is 0 Å². The van der Waals surface area contributed by atoms with E-state index in [9.17, 15) is 0 Å². The second-order valence-corrected chi connectivity index (χ2v) is 8.16. The normalized spacial score (nSPS) is 15.4. The molecule has 1 aliphatic carbocycles. The lowest BCUT2D eigenvalue weighted by molar-refractivity contribution is 0.425. The number of thiazole rings is 1. The molecule has 0 bridgehead atoms. The quantitative estimate of drug-likeness (QED) is 0.870. The smallest absolute Gasteiger partial charge is 0.123 e. The molecule has 1 aromatic heterocycles. The van der Waals surface area contributed by atoms with Crippen molar-refractivity contribution in [1.29, 1.82) is 0 Å². The number of hydrogen-bond donors (Lipinski definition) is 1. The Balaban J connectivity index is 1.89. The maximum atomic E-state index is 4.96. The molecule has 21 heavy (non-hydrogen) atoms. The molecule has 1 fully saturated rings. The fourth-order valence-electron chi connectivity index (χ4n) is 2.41.